The molecule has 0 spiro atoms. The summed E-state index contributed by atoms with van der Waals surface area (Å²) in [6, 6.07) is 15.8. The lowest BCUT2D eigenvalue weighted by atomic mass is 10.2. The molecule has 0 fully saturated rings. The molecule has 0 unspecified atom stereocenters. The Bertz CT molecular complexity index is 1050. The number of ether oxygens (including phenoxy) is 2. The van der Waals surface area contributed by atoms with Gasteiger partial charge in [0.05, 0.1) is 19.9 Å². The highest BCUT2D eigenvalue weighted by Crippen LogP contribution is 2.21. The maximum atomic E-state index is 5.87. The van der Waals surface area contributed by atoms with Crippen LogP contribution in [-0.2, 0) is 6.54 Å². The number of rotatable bonds is 7. The Hall–Kier alpha value is -3.61. The second-order valence-electron chi connectivity index (χ2n) is 5.91. The average molecular weight is 361 g/mol. The van der Waals surface area contributed by atoms with Crippen LogP contribution in [0.5, 0.6) is 11.5 Å². The molecule has 7 nitrogen and oxygen atoms in total. The second kappa shape index (κ2) is 7.74. The number of aromatic nitrogens is 4. The Kier molecular flexibility index (Phi) is 4.82. The summed E-state index contributed by atoms with van der Waals surface area (Å²) in [5.41, 5.74) is 2.16. The summed E-state index contributed by atoms with van der Waals surface area (Å²) in [5, 5.41) is 13.0. The van der Waals surface area contributed by atoms with Gasteiger partial charge in [-0.15, -0.1) is 10.2 Å². The molecule has 0 aliphatic carbocycles. The lowest BCUT2D eigenvalue weighted by molar-refractivity contribution is 0.298. The van der Waals surface area contributed by atoms with Crippen LogP contribution < -0.4 is 9.47 Å². The molecule has 0 N–H and O–H groups in total. The molecule has 7 heteroatoms. The normalized spacial score (nSPS) is 11.3. The zero-order valence-electron chi connectivity index (χ0n) is 14.9. The van der Waals surface area contributed by atoms with Gasteiger partial charge in [-0.2, -0.15) is 5.10 Å². The van der Waals surface area contributed by atoms with Gasteiger partial charge in [0.15, 0.2) is 0 Å². The molecular weight excluding hydrogens is 342 g/mol. The van der Waals surface area contributed by atoms with Crippen LogP contribution in [0.15, 0.2) is 72.5 Å². The number of methoxy groups -OCH3 is 1. The van der Waals surface area contributed by atoms with Crippen molar-refractivity contribution in [1.82, 2.24) is 19.4 Å². The molecule has 2 aromatic carbocycles. The molecule has 0 aliphatic heterocycles. The highest BCUT2D eigenvalue weighted by Gasteiger charge is 2.07. The molecule has 2 aromatic heterocycles. The fourth-order valence-electron chi connectivity index (χ4n) is 2.90. The van der Waals surface area contributed by atoms with Gasteiger partial charge in [0, 0.05) is 28.7 Å². The first-order valence-electron chi connectivity index (χ1n) is 8.57. The van der Waals surface area contributed by atoms with Gasteiger partial charge < -0.3 is 14.0 Å². The molecule has 0 bridgehead atoms. The molecule has 4 aromatic rings. The summed E-state index contributed by atoms with van der Waals surface area (Å²) in [7, 11) is 1.65. The first-order valence-corrected chi connectivity index (χ1v) is 8.57. The van der Waals surface area contributed by atoms with Gasteiger partial charge in [0.25, 0.3) is 0 Å². The molecule has 4 rings (SSSR count). The molecule has 0 aliphatic rings. The van der Waals surface area contributed by atoms with Crippen LogP contribution in [0.1, 0.15) is 5.56 Å². The van der Waals surface area contributed by atoms with E-state index in [0.717, 1.165) is 34.5 Å². The Morgan fingerprint density at radius 2 is 1.85 bits per heavy atom. The van der Waals surface area contributed by atoms with E-state index in [1.165, 1.54) is 0 Å². The molecule has 2 heterocycles. The summed E-state index contributed by atoms with van der Waals surface area (Å²) in [4.78, 5) is 0. The Balaban J connectivity index is 1.51. The molecule has 27 heavy (non-hydrogen) atoms. The zero-order valence-corrected chi connectivity index (χ0v) is 14.9. The van der Waals surface area contributed by atoms with E-state index < -0.39 is 0 Å². The predicted molar refractivity (Wildman–Crippen MR) is 103 cm³/mol. The topological polar surface area (TPSA) is 66.5 Å². The van der Waals surface area contributed by atoms with E-state index in [0.29, 0.717) is 6.61 Å². The van der Waals surface area contributed by atoms with Crippen LogP contribution in [0.2, 0.25) is 0 Å². The van der Waals surface area contributed by atoms with Gasteiger partial charge in [-0.05, 0) is 18.2 Å². The summed E-state index contributed by atoms with van der Waals surface area (Å²) >= 11 is 0. The van der Waals surface area contributed by atoms with Crippen molar-refractivity contribution >= 4 is 17.1 Å². The molecule has 136 valence electrons. The minimum absolute atomic E-state index is 0.549. The van der Waals surface area contributed by atoms with Crippen molar-refractivity contribution in [2.75, 3.05) is 13.7 Å². The Morgan fingerprint density at radius 1 is 1.04 bits per heavy atom. The van der Waals surface area contributed by atoms with Gasteiger partial charge >= 0.3 is 0 Å². The second-order valence-corrected chi connectivity index (χ2v) is 5.91. The number of hydrogen-bond donors (Lipinski definition) is 0. The van der Waals surface area contributed by atoms with Crippen LogP contribution >= 0.6 is 0 Å². The first kappa shape index (κ1) is 16.8. The van der Waals surface area contributed by atoms with Crippen LogP contribution in [0.3, 0.4) is 0 Å². The fraction of sp³-hybridized carbons (Fsp3) is 0.150. The molecule has 0 radical (unpaired) electrons. The summed E-state index contributed by atoms with van der Waals surface area (Å²) in [5.74, 6) is 1.58. The van der Waals surface area contributed by atoms with E-state index in [9.17, 15) is 0 Å². The van der Waals surface area contributed by atoms with Gasteiger partial charge in [-0.25, -0.2) is 4.68 Å². The molecule has 0 atom stereocenters. The lowest BCUT2D eigenvalue weighted by Gasteiger charge is -2.09. The van der Waals surface area contributed by atoms with Crippen molar-refractivity contribution in [1.29, 1.82) is 0 Å². The minimum Gasteiger partial charge on any atom is -0.497 e. The lowest BCUT2D eigenvalue weighted by Crippen LogP contribution is -2.07. The van der Waals surface area contributed by atoms with Crippen LogP contribution in [-0.4, -0.2) is 39.4 Å². The molecule has 0 saturated carbocycles. The van der Waals surface area contributed by atoms with E-state index in [-0.39, 0.29) is 0 Å². The Morgan fingerprint density at radius 3 is 2.70 bits per heavy atom. The first-order chi connectivity index (χ1) is 13.3. The Labute approximate surface area is 156 Å². The van der Waals surface area contributed by atoms with Gasteiger partial charge in [-0.1, -0.05) is 24.3 Å². The van der Waals surface area contributed by atoms with E-state index in [2.05, 4.69) is 38.2 Å². The van der Waals surface area contributed by atoms with Crippen molar-refractivity contribution < 1.29 is 9.47 Å². The van der Waals surface area contributed by atoms with E-state index in [1.54, 1.807) is 24.4 Å². The summed E-state index contributed by atoms with van der Waals surface area (Å²) < 4.78 is 14.8. The van der Waals surface area contributed by atoms with E-state index >= 15 is 0 Å². The standard InChI is InChI=1S/C20H19N5O2/c1-26-17-5-4-6-18(11-17)27-10-9-24-13-16(12-23-25-14-21-22-15-25)19-7-2-3-8-20(19)24/h2-8,11-15H,9-10H2,1H3/b23-12-. The van der Waals surface area contributed by atoms with Gasteiger partial charge in [0.1, 0.15) is 30.8 Å². The summed E-state index contributed by atoms with van der Waals surface area (Å²) in [6.45, 7) is 1.27. The zero-order chi connectivity index (χ0) is 18.5. The van der Waals surface area contributed by atoms with Gasteiger partial charge in [0.2, 0.25) is 0 Å². The molecular formula is C20H19N5O2. The van der Waals surface area contributed by atoms with Crippen LogP contribution in [0.25, 0.3) is 10.9 Å². The third-order valence-electron chi connectivity index (χ3n) is 4.20. The van der Waals surface area contributed by atoms with E-state index in [1.807, 2.05) is 42.6 Å². The van der Waals surface area contributed by atoms with Crippen LogP contribution in [0, 0.1) is 0 Å². The minimum atomic E-state index is 0.549. The van der Waals surface area contributed by atoms with Gasteiger partial charge in [-0.3, -0.25) is 0 Å². The van der Waals surface area contributed by atoms with Crippen molar-refractivity contribution in [2.45, 2.75) is 6.54 Å². The highest BCUT2D eigenvalue weighted by molar-refractivity contribution is 5.99. The van der Waals surface area contributed by atoms with Crippen molar-refractivity contribution in [2.24, 2.45) is 5.10 Å². The SMILES string of the molecule is COc1cccc(OCCn2cc(/C=N\n3cnnc3)c3ccccc32)c1. The number of para-hydroxylation sites is 1. The van der Waals surface area contributed by atoms with Crippen molar-refractivity contribution in [3.63, 3.8) is 0 Å². The number of fused-ring (bicyclic) bond motifs is 1. The molecule has 0 saturated heterocycles. The number of hydrogen-bond acceptors (Lipinski definition) is 5. The van der Waals surface area contributed by atoms with Crippen molar-refractivity contribution in [3.8, 4) is 11.5 Å². The quantitative estimate of drug-likeness (QED) is 0.474. The smallest absolute Gasteiger partial charge is 0.141 e. The largest absolute Gasteiger partial charge is 0.497 e. The third-order valence-corrected chi connectivity index (χ3v) is 4.20. The monoisotopic (exact) mass is 361 g/mol. The fourth-order valence-corrected chi connectivity index (χ4v) is 2.90. The average Bonchev–Trinajstić information content (AvgIpc) is 3.35. The maximum Gasteiger partial charge on any atom is 0.141 e. The highest BCUT2D eigenvalue weighted by atomic mass is 16.5. The van der Waals surface area contributed by atoms with E-state index in [4.69, 9.17) is 9.47 Å². The number of benzene rings is 2. The maximum absolute atomic E-state index is 5.87. The van der Waals surface area contributed by atoms with Crippen LogP contribution in [0.4, 0.5) is 0 Å². The number of nitrogens with zero attached hydrogens (tertiary/aromatic N) is 5. The third kappa shape index (κ3) is 3.82. The molecule has 0 amide bonds. The predicted octanol–water partition coefficient (Wildman–Crippen LogP) is 3.20. The van der Waals surface area contributed by atoms with Crippen molar-refractivity contribution in [3.05, 3.63) is 72.9 Å². The summed E-state index contributed by atoms with van der Waals surface area (Å²) in [6.07, 6.45) is 6.99.